The SMILES string of the molecule is COc1cc(CC(=O)Nc2ccc(NC(=O)c3ccco3)cc2)cc(OC)c1OC. The molecule has 30 heavy (non-hydrogen) atoms. The van der Waals surface area contributed by atoms with E-state index >= 15 is 0 Å². The van der Waals surface area contributed by atoms with Crippen molar-refractivity contribution in [3.8, 4) is 17.2 Å². The molecule has 2 N–H and O–H groups in total. The van der Waals surface area contributed by atoms with Crippen LogP contribution in [0.1, 0.15) is 16.1 Å². The molecular weight excluding hydrogens is 388 g/mol. The van der Waals surface area contributed by atoms with Crippen LogP contribution >= 0.6 is 0 Å². The summed E-state index contributed by atoms with van der Waals surface area (Å²) in [6.45, 7) is 0. The van der Waals surface area contributed by atoms with Crippen LogP contribution in [-0.2, 0) is 11.2 Å². The number of nitrogens with one attached hydrogen (secondary N) is 2. The minimum atomic E-state index is -0.348. The molecule has 1 aromatic heterocycles. The second-order valence-electron chi connectivity index (χ2n) is 6.27. The lowest BCUT2D eigenvalue weighted by molar-refractivity contribution is -0.115. The maximum Gasteiger partial charge on any atom is 0.291 e. The van der Waals surface area contributed by atoms with Gasteiger partial charge in [-0.1, -0.05) is 0 Å². The van der Waals surface area contributed by atoms with Gasteiger partial charge in [0.15, 0.2) is 17.3 Å². The van der Waals surface area contributed by atoms with Crippen LogP contribution in [0.15, 0.2) is 59.2 Å². The summed E-state index contributed by atoms with van der Waals surface area (Å²) in [5, 5.41) is 5.53. The maximum atomic E-state index is 12.4. The largest absolute Gasteiger partial charge is 0.493 e. The topological polar surface area (TPSA) is 99.0 Å². The molecule has 0 aliphatic rings. The van der Waals surface area contributed by atoms with Gasteiger partial charge in [-0.05, 0) is 54.1 Å². The number of methoxy groups -OCH3 is 3. The Morgan fingerprint density at radius 2 is 1.47 bits per heavy atom. The van der Waals surface area contributed by atoms with Crippen LogP contribution in [-0.4, -0.2) is 33.1 Å². The van der Waals surface area contributed by atoms with Gasteiger partial charge >= 0.3 is 0 Å². The van der Waals surface area contributed by atoms with Gasteiger partial charge < -0.3 is 29.3 Å². The molecule has 0 fully saturated rings. The zero-order valence-corrected chi connectivity index (χ0v) is 16.9. The summed E-state index contributed by atoms with van der Waals surface area (Å²) in [7, 11) is 4.56. The number of benzene rings is 2. The number of ether oxygens (including phenoxy) is 3. The van der Waals surface area contributed by atoms with Crippen LogP contribution in [0.25, 0.3) is 0 Å². The maximum absolute atomic E-state index is 12.4. The van der Waals surface area contributed by atoms with Crippen molar-refractivity contribution in [1.82, 2.24) is 0 Å². The van der Waals surface area contributed by atoms with Crippen LogP contribution < -0.4 is 24.8 Å². The molecule has 0 bridgehead atoms. The molecule has 3 aromatic rings. The molecule has 2 aromatic carbocycles. The van der Waals surface area contributed by atoms with E-state index < -0.39 is 0 Å². The molecular formula is C22H22N2O6. The van der Waals surface area contributed by atoms with Gasteiger partial charge in [-0.3, -0.25) is 9.59 Å². The Labute approximate surface area is 173 Å². The first-order valence-electron chi connectivity index (χ1n) is 9.07. The van der Waals surface area contributed by atoms with Crippen molar-refractivity contribution >= 4 is 23.2 Å². The molecule has 156 valence electrons. The Balaban J connectivity index is 1.63. The molecule has 0 aliphatic heterocycles. The van der Waals surface area contributed by atoms with Gasteiger partial charge in [-0.25, -0.2) is 0 Å². The molecule has 2 amide bonds. The molecule has 0 atom stereocenters. The highest BCUT2D eigenvalue weighted by molar-refractivity contribution is 6.02. The highest BCUT2D eigenvalue weighted by atomic mass is 16.5. The Morgan fingerprint density at radius 3 is 1.97 bits per heavy atom. The monoisotopic (exact) mass is 410 g/mol. The smallest absolute Gasteiger partial charge is 0.291 e. The predicted molar refractivity (Wildman–Crippen MR) is 112 cm³/mol. The number of furan rings is 1. The van der Waals surface area contributed by atoms with Crippen molar-refractivity contribution in [1.29, 1.82) is 0 Å². The third kappa shape index (κ3) is 4.91. The molecule has 0 radical (unpaired) electrons. The second kappa shape index (κ2) is 9.51. The first-order chi connectivity index (χ1) is 14.5. The van der Waals surface area contributed by atoms with Gasteiger partial charge in [-0.15, -0.1) is 0 Å². The van der Waals surface area contributed by atoms with E-state index in [0.717, 1.165) is 0 Å². The van der Waals surface area contributed by atoms with Crippen LogP contribution in [0.3, 0.4) is 0 Å². The van der Waals surface area contributed by atoms with Crippen molar-refractivity contribution in [3.05, 3.63) is 66.1 Å². The fraction of sp³-hybridized carbons (Fsp3) is 0.182. The number of anilines is 2. The summed E-state index contributed by atoms with van der Waals surface area (Å²) in [6, 6.07) is 13.5. The lowest BCUT2D eigenvalue weighted by Gasteiger charge is -2.14. The van der Waals surface area contributed by atoms with Crippen molar-refractivity contribution in [3.63, 3.8) is 0 Å². The zero-order valence-electron chi connectivity index (χ0n) is 16.9. The van der Waals surface area contributed by atoms with Crippen LogP contribution in [0.4, 0.5) is 11.4 Å². The lowest BCUT2D eigenvalue weighted by atomic mass is 10.1. The van der Waals surface area contributed by atoms with Gasteiger partial charge in [0.1, 0.15) is 0 Å². The third-order valence-electron chi connectivity index (χ3n) is 4.26. The molecule has 8 heteroatoms. The molecule has 0 aliphatic carbocycles. The summed E-state index contributed by atoms with van der Waals surface area (Å²) in [6.07, 6.45) is 1.55. The van der Waals surface area contributed by atoms with Crippen molar-refractivity contribution < 1.29 is 28.2 Å². The lowest BCUT2D eigenvalue weighted by Crippen LogP contribution is -2.15. The number of hydrogen-bond donors (Lipinski definition) is 2. The van der Waals surface area contributed by atoms with Crippen molar-refractivity contribution in [2.45, 2.75) is 6.42 Å². The predicted octanol–water partition coefficient (Wildman–Crippen LogP) is 3.74. The second-order valence-corrected chi connectivity index (χ2v) is 6.27. The minimum Gasteiger partial charge on any atom is -0.493 e. The Bertz CT molecular complexity index is 988. The minimum absolute atomic E-state index is 0.119. The fourth-order valence-corrected chi connectivity index (χ4v) is 2.87. The van der Waals surface area contributed by atoms with E-state index in [2.05, 4.69) is 10.6 Å². The number of amides is 2. The van der Waals surface area contributed by atoms with Crippen molar-refractivity contribution in [2.75, 3.05) is 32.0 Å². The van der Waals surface area contributed by atoms with Gasteiger partial charge in [0, 0.05) is 11.4 Å². The first-order valence-corrected chi connectivity index (χ1v) is 9.07. The Morgan fingerprint density at radius 1 is 0.867 bits per heavy atom. The standard InChI is InChI=1S/C22H22N2O6/c1-27-18-11-14(12-19(28-2)21(18)29-3)13-20(25)23-15-6-8-16(9-7-15)24-22(26)17-5-4-10-30-17/h4-12H,13H2,1-3H3,(H,23,25)(H,24,26). The summed E-state index contributed by atoms with van der Waals surface area (Å²) >= 11 is 0. The summed E-state index contributed by atoms with van der Waals surface area (Å²) in [5.74, 6) is 1.09. The fourth-order valence-electron chi connectivity index (χ4n) is 2.87. The highest BCUT2D eigenvalue weighted by Crippen LogP contribution is 2.38. The van der Waals surface area contributed by atoms with Gasteiger partial charge in [-0.2, -0.15) is 0 Å². The van der Waals surface area contributed by atoms with E-state index in [1.165, 1.54) is 27.6 Å². The summed E-state index contributed by atoms with van der Waals surface area (Å²) in [5.41, 5.74) is 1.90. The number of rotatable bonds is 8. The third-order valence-corrected chi connectivity index (χ3v) is 4.26. The van der Waals surface area contributed by atoms with E-state index in [9.17, 15) is 9.59 Å². The number of carbonyl (C=O) groups excluding carboxylic acids is 2. The van der Waals surface area contributed by atoms with Gasteiger partial charge in [0.2, 0.25) is 11.7 Å². The van der Waals surface area contributed by atoms with Gasteiger partial charge in [0.25, 0.3) is 5.91 Å². The summed E-state index contributed by atoms with van der Waals surface area (Å²) < 4.78 is 21.0. The molecule has 0 unspecified atom stereocenters. The van der Waals surface area contributed by atoms with Crippen LogP contribution in [0, 0.1) is 0 Å². The Hall–Kier alpha value is -3.94. The van der Waals surface area contributed by atoms with E-state index in [-0.39, 0.29) is 24.0 Å². The van der Waals surface area contributed by atoms with Gasteiger partial charge in [0.05, 0.1) is 34.0 Å². The van der Waals surface area contributed by atoms with Crippen LogP contribution in [0.5, 0.6) is 17.2 Å². The number of carbonyl (C=O) groups is 2. The normalized spacial score (nSPS) is 10.2. The zero-order chi connectivity index (χ0) is 21.5. The van der Waals surface area contributed by atoms with E-state index in [1.807, 2.05) is 0 Å². The molecule has 0 spiro atoms. The van der Waals surface area contributed by atoms with E-state index in [4.69, 9.17) is 18.6 Å². The molecule has 0 saturated heterocycles. The first kappa shape index (κ1) is 20.8. The molecule has 8 nitrogen and oxygen atoms in total. The average Bonchev–Trinajstić information content (AvgIpc) is 3.29. The summed E-state index contributed by atoms with van der Waals surface area (Å²) in [4.78, 5) is 24.4. The average molecular weight is 410 g/mol. The van der Waals surface area contributed by atoms with Crippen molar-refractivity contribution in [2.24, 2.45) is 0 Å². The van der Waals surface area contributed by atoms with Crippen LogP contribution in [0.2, 0.25) is 0 Å². The molecule has 3 rings (SSSR count). The quantitative estimate of drug-likeness (QED) is 0.587. The van der Waals surface area contributed by atoms with E-state index in [0.29, 0.717) is 34.2 Å². The van der Waals surface area contributed by atoms with E-state index in [1.54, 1.807) is 48.5 Å². The highest BCUT2D eigenvalue weighted by Gasteiger charge is 2.15. The molecule has 0 saturated carbocycles. The molecule has 1 heterocycles. The number of hydrogen-bond acceptors (Lipinski definition) is 6. The Kier molecular flexibility index (Phi) is 6.59.